The molecule has 0 bridgehead atoms. The molecule has 1 rings (SSSR count). The number of hydrazine groups is 1. The summed E-state index contributed by atoms with van der Waals surface area (Å²) in [5.74, 6) is 5.81. The van der Waals surface area contributed by atoms with E-state index < -0.39 is 0 Å². The number of nitrogens with two attached hydrogens (primary N) is 1. The molecular formula is C16H28N2O. The molecule has 0 amide bonds. The van der Waals surface area contributed by atoms with Gasteiger partial charge in [0, 0.05) is 7.11 Å². The Hall–Kier alpha value is -0.900. The Morgan fingerprint density at radius 2 is 1.95 bits per heavy atom. The van der Waals surface area contributed by atoms with E-state index in [1.807, 2.05) is 0 Å². The van der Waals surface area contributed by atoms with Gasteiger partial charge < -0.3 is 4.74 Å². The van der Waals surface area contributed by atoms with Gasteiger partial charge in [-0.05, 0) is 30.4 Å². The fraction of sp³-hybridized carbons (Fsp3) is 0.625. The van der Waals surface area contributed by atoms with Crippen molar-refractivity contribution in [1.29, 1.82) is 0 Å². The van der Waals surface area contributed by atoms with Crippen LogP contribution in [0.1, 0.15) is 57.2 Å². The Bertz CT molecular complexity index is 367. The van der Waals surface area contributed by atoms with Crippen molar-refractivity contribution in [1.82, 2.24) is 5.43 Å². The molecule has 0 aliphatic carbocycles. The molecule has 3 heteroatoms. The Labute approximate surface area is 117 Å². The van der Waals surface area contributed by atoms with Crippen LogP contribution in [-0.2, 0) is 11.2 Å². The normalized spacial score (nSPS) is 13.5. The lowest BCUT2D eigenvalue weighted by Gasteiger charge is -2.38. The highest BCUT2D eigenvalue weighted by Gasteiger charge is 2.36. The molecule has 19 heavy (non-hydrogen) atoms. The highest BCUT2D eigenvalue weighted by molar-refractivity contribution is 5.28. The first-order chi connectivity index (χ1) is 9.17. The van der Waals surface area contributed by atoms with Gasteiger partial charge in [0.05, 0.1) is 11.6 Å². The number of rotatable bonds is 8. The van der Waals surface area contributed by atoms with E-state index in [4.69, 9.17) is 10.6 Å². The van der Waals surface area contributed by atoms with Gasteiger partial charge in [-0.15, -0.1) is 0 Å². The molecule has 3 nitrogen and oxygen atoms in total. The quantitative estimate of drug-likeness (QED) is 0.559. The van der Waals surface area contributed by atoms with Crippen molar-refractivity contribution in [3.63, 3.8) is 0 Å². The lowest BCUT2D eigenvalue weighted by molar-refractivity contribution is -0.0486. The van der Waals surface area contributed by atoms with E-state index >= 15 is 0 Å². The van der Waals surface area contributed by atoms with Gasteiger partial charge in [0.25, 0.3) is 0 Å². The largest absolute Gasteiger partial charge is 0.376 e. The summed E-state index contributed by atoms with van der Waals surface area (Å²) in [4.78, 5) is 0. The minimum absolute atomic E-state index is 0.0179. The van der Waals surface area contributed by atoms with Crippen molar-refractivity contribution >= 4 is 0 Å². The summed E-state index contributed by atoms with van der Waals surface area (Å²) >= 11 is 0. The third kappa shape index (κ3) is 3.56. The maximum absolute atomic E-state index is 5.81. The summed E-state index contributed by atoms with van der Waals surface area (Å²) in [6, 6.07) is 8.67. The summed E-state index contributed by atoms with van der Waals surface area (Å²) < 4.78 is 5.80. The second-order valence-corrected chi connectivity index (χ2v) is 5.07. The number of hydrogen-bond acceptors (Lipinski definition) is 3. The summed E-state index contributed by atoms with van der Waals surface area (Å²) in [6.07, 6.45) is 4.10. The standard InChI is InChI=1S/C16H28N2O/c1-5-9-13-10-8-11-14(12-13)15(18-17)16(6-2,7-3)19-4/h8,10-12,15,18H,5-7,9,17H2,1-4H3. The summed E-state index contributed by atoms with van der Waals surface area (Å²) in [5.41, 5.74) is 5.27. The van der Waals surface area contributed by atoms with E-state index in [1.165, 1.54) is 11.1 Å². The second-order valence-electron chi connectivity index (χ2n) is 5.07. The molecule has 1 aromatic rings. The topological polar surface area (TPSA) is 47.3 Å². The number of nitrogens with one attached hydrogen (secondary N) is 1. The molecule has 1 atom stereocenters. The lowest BCUT2D eigenvalue weighted by Crippen LogP contribution is -2.47. The van der Waals surface area contributed by atoms with Gasteiger partial charge in [0.1, 0.15) is 0 Å². The molecule has 0 saturated heterocycles. The summed E-state index contributed by atoms with van der Waals surface area (Å²) in [7, 11) is 1.77. The maximum atomic E-state index is 5.81. The molecule has 0 fully saturated rings. The van der Waals surface area contributed by atoms with Crippen molar-refractivity contribution in [3.05, 3.63) is 35.4 Å². The lowest BCUT2D eigenvalue weighted by atomic mass is 9.83. The number of ether oxygens (including phenoxy) is 1. The van der Waals surface area contributed by atoms with Gasteiger partial charge in [-0.25, -0.2) is 0 Å². The molecular weight excluding hydrogens is 236 g/mol. The second kappa shape index (κ2) is 7.63. The van der Waals surface area contributed by atoms with Crippen LogP contribution in [-0.4, -0.2) is 12.7 Å². The van der Waals surface area contributed by atoms with Gasteiger partial charge in [-0.3, -0.25) is 11.3 Å². The number of benzene rings is 1. The van der Waals surface area contributed by atoms with Crippen LogP contribution >= 0.6 is 0 Å². The molecule has 0 saturated carbocycles. The maximum Gasteiger partial charge on any atom is 0.0880 e. The SMILES string of the molecule is CCCc1cccc(C(NN)C(CC)(CC)OC)c1. The molecule has 0 heterocycles. The van der Waals surface area contributed by atoms with Crippen LogP contribution < -0.4 is 11.3 Å². The molecule has 0 spiro atoms. The summed E-state index contributed by atoms with van der Waals surface area (Å²) in [5, 5.41) is 0. The van der Waals surface area contributed by atoms with Crippen molar-refractivity contribution in [2.75, 3.05) is 7.11 Å². The molecule has 108 valence electrons. The predicted molar refractivity (Wildman–Crippen MR) is 80.8 cm³/mol. The van der Waals surface area contributed by atoms with E-state index in [9.17, 15) is 0 Å². The third-order valence-electron chi connectivity index (χ3n) is 4.12. The molecule has 0 aliphatic heterocycles. The highest BCUT2D eigenvalue weighted by atomic mass is 16.5. The smallest absolute Gasteiger partial charge is 0.0880 e. The van der Waals surface area contributed by atoms with Gasteiger partial charge in [0.15, 0.2) is 0 Å². The summed E-state index contributed by atoms with van der Waals surface area (Å²) in [6.45, 7) is 6.49. The van der Waals surface area contributed by atoms with Crippen molar-refractivity contribution in [2.24, 2.45) is 5.84 Å². The zero-order valence-corrected chi connectivity index (χ0v) is 12.7. The Kier molecular flexibility index (Phi) is 6.49. The fourth-order valence-corrected chi connectivity index (χ4v) is 2.83. The minimum atomic E-state index is -0.250. The van der Waals surface area contributed by atoms with Crippen LogP contribution in [0.3, 0.4) is 0 Å². The Balaban J connectivity index is 3.11. The molecule has 3 N–H and O–H groups in total. The van der Waals surface area contributed by atoms with Crippen LogP contribution in [0.4, 0.5) is 0 Å². The molecule has 1 aromatic carbocycles. The molecule has 1 unspecified atom stereocenters. The van der Waals surface area contributed by atoms with Gasteiger partial charge >= 0.3 is 0 Å². The minimum Gasteiger partial charge on any atom is -0.376 e. The van der Waals surface area contributed by atoms with Crippen LogP contribution in [0, 0.1) is 0 Å². The van der Waals surface area contributed by atoms with E-state index in [-0.39, 0.29) is 11.6 Å². The molecule has 0 aromatic heterocycles. The average Bonchev–Trinajstić information content (AvgIpc) is 2.45. The molecule has 0 aliphatic rings. The van der Waals surface area contributed by atoms with E-state index in [1.54, 1.807) is 7.11 Å². The zero-order chi connectivity index (χ0) is 14.3. The first-order valence-electron chi connectivity index (χ1n) is 7.27. The third-order valence-corrected chi connectivity index (χ3v) is 4.12. The predicted octanol–water partition coefficient (Wildman–Crippen LogP) is 3.35. The van der Waals surface area contributed by atoms with E-state index in [0.717, 1.165) is 25.7 Å². The van der Waals surface area contributed by atoms with Gasteiger partial charge in [-0.1, -0.05) is 51.5 Å². The van der Waals surface area contributed by atoms with Crippen LogP contribution in [0.25, 0.3) is 0 Å². The van der Waals surface area contributed by atoms with Crippen LogP contribution in [0.2, 0.25) is 0 Å². The van der Waals surface area contributed by atoms with Crippen LogP contribution in [0.5, 0.6) is 0 Å². The number of methoxy groups -OCH3 is 1. The number of hydrogen-bond donors (Lipinski definition) is 2. The van der Waals surface area contributed by atoms with Crippen LogP contribution in [0.15, 0.2) is 24.3 Å². The number of aryl methyl sites for hydroxylation is 1. The Morgan fingerprint density at radius 3 is 2.42 bits per heavy atom. The first-order valence-corrected chi connectivity index (χ1v) is 7.27. The van der Waals surface area contributed by atoms with Gasteiger partial charge in [0.2, 0.25) is 0 Å². The van der Waals surface area contributed by atoms with Crippen molar-refractivity contribution < 1.29 is 4.74 Å². The molecule has 0 radical (unpaired) electrons. The zero-order valence-electron chi connectivity index (χ0n) is 12.7. The van der Waals surface area contributed by atoms with Crippen molar-refractivity contribution in [3.8, 4) is 0 Å². The van der Waals surface area contributed by atoms with Crippen molar-refractivity contribution in [2.45, 2.75) is 58.1 Å². The average molecular weight is 264 g/mol. The monoisotopic (exact) mass is 264 g/mol. The fourth-order valence-electron chi connectivity index (χ4n) is 2.83. The van der Waals surface area contributed by atoms with Gasteiger partial charge in [-0.2, -0.15) is 0 Å². The highest BCUT2D eigenvalue weighted by Crippen LogP contribution is 2.34. The van der Waals surface area contributed by atoms with E-state index in [0.29, 0.717) is 0 Å². The van der Waals surface area contributed by atoms with E-state index in [2.05, 4.69) is 50.5 Å². The first kappa shape index (κ1) is 16.2. The Morgan fingerprint density at radius 1 is 1.26 bits per heavy atom.